The summed E-state index contributed by atoms with van der Waals surface area (Å²) in [4.78, 5) is 11.7. The molecule has 1 heterocycles. The van der Waals surface area contributed by atoms with E-state index in [1.54, 1.807) is 0 Å². The van der Waals surface area contributed by atoms with Gasteiger partial charge in [-0.25, -0.2) is 0 Å². The molecule has 3 aliphatic rings. The summed E-state index contributed by atoms with van der Waals surface area (Å²) in [7, 11) is 0. The molecule has 4 atom stereocenters. The molecule has 92 valence electrons. The van der Waals surface area contributed by atoms with Crippen molar-refractivity contribution in [3.8, 4) is 0 Å². The van der Waals surface area contributed by atoms with E-state index >= 15 is 0 Å². The summed E-state index contributed by atoms with van der Waals surface area (Å²) in [5.41, 5.74) is 0. The smallest absolute Gasteiger partial charge is 0.309 e. The van der Waals surface area contributed by atoms with Crippen LogP contribution in [-0.4, -0.2) is 19.2 Å². The van der Waals surface area contributed by atoms with Gasteiger partial charge in [-0.1, -0.05) is 12.2 Å². The van der Waals surface area contributed by atoms with E-state index in [1.807, 2.05) is 6.92 Å². The van der Waals surface area contributed by atoms with Crippen molar-refractivity contribution < 1.29 is 14.3 Å². The Labute approximate surface area is 101 Å². The summed E-state index contributed by atoms with van der Waals surface area (Å²) >= 11 is 0. The average Bonchev–Trinajstić information content (AvgIpc) is 2.98. The molecule has 0 radical (unpaired) electrons. The number of carbonyl (C=O) groups is 1. The standard InChI is InChI=1S/C14H18O3/c1-2-16-14(15)12-8-11(12)9-4-3-5-13-10(9)6-7-17-13/h3-5,9-12H,2,6-8H2,1H3/t9?,10?,11-,12+/m0/s1. The van der Waals surface area contributed by atoms with Crippen LogP contribution in [0.3, 0.4) is 0 Å². The van der Waals surface area contributed by atoms with Crippen LogP contribution in [0.1, 0.15) is 19.8 Å². The lowest BCUT2D eigenvalue weighted by Crippen LogP contribution is -2.19. The zero-order valence-corrected chi connectivity index (χ0v) is 10.1. The van der Waals surface area contributed by atoms with Gasteiger partial charge < -0.3 is 9.47 Å². The second-order valence-electron chi connectivity index (χ2n) is 5.03. The number of esters is 1. The van der Waals surface area contributed by atoms with Gasteiger partial charge >= 0.3 is 5.97 Å². The van der Waals surface area contributed by atoms with Crippen molar-refractivity contribution in [3.63, 3.8) is 0 Å². The van der Waals surface area contributed by atoms with Crippen molar-refractivity contribution in [1.29, 1.82) is 0 Å². The maximum absolute atomic E-state index is 11.7. The van der Waals surface area contributed by atoms with Crippen LogP contribution in [0.25, 0.3) is 0 Å². The van der Waals surface area contributed by atoms with Gasteiger partial charge in [-0.2, -0.15) is 0 Å². The van der Waals surface area contributed by atoms with Crippen molar-refractivity contribution in [3.05, 3.63) is 24.0 Å². The Morgan fingerprint density at radius 3 is 3.29 bits per heavy atom. The van der Waals surface area contributed by atoms with Gasteiger partial charge in [0, 0.05) is 5.92 Å². The molecule has 2 unspecified atom stereocenters. The summed E-state index contributed by atoms with van der Waals surface area (Å²) in [6, 6.07) is 0. The predicted octanol–water partition coefficient (Wildman–Crippen LogP) is 2.29. The minimum absolute atomic E-state index is 0.0130. The monoisotopic (exact) mass is 234 g/mol. The first-order valence-corrected chi connectivity index (χ1v) is 6.49. The fourth-order valence-electron chi connectivity index (χ4n) is 3.12. The molecule has 0 aromatic heterocycles. The Balaban J connectivity index is 1.65. The topological polar surface area (TPSA) is 35.5 Å². The van der Waals surface area contributed by atoms with Gasteiger partial charge in [0.25, 0.3) is 0 Å². The Morgan fingerprint density at radius 1 is 1.59 bits per heavy atom. The van der Waals surface area contributed by atoms with Gasteiger partial charge in [0.05, 0.1) is 24.9 Å². The Bertz CT molecular complexity index is 383. The van der Waals surface area contributed by atoms with Gasteiger partial charge in [-0.15, -0.1) is 0 Å². The van der Waals surface area contributed by atoms with Crippen LogP contribution in [0.2, 0.25) is 0 Å². The van der Waals surface area contributed by atoms with Crippen LogP contribution in [0.15, 0.2) is 24.0 Å². The number of ether oxygens (including phenoxy) is 2. The van der Waals surface area contributed by atoms with Crippen LogP contribution in [0, 0.1) is 23.7 Å². The molecule has 1 saturated heterocycles. The molecule has 0 spiro atoms. The van der Waals surface area contributed by atoms with Crippen LogP contribution < -0.4 is 0 Å². The number of allylic oxidation sites excluding steroid dienone is 4. The summed E-state index contributed by atoms with van der Waals surface area (Å²) < 4.78 is 10.7. The van der Waals surface area contributed by atoms with E-state index in [2.05, 4.69) is 18.2 Å². The van der Waals surface area contributed by atoms with Crippen LogP contribution >= 0.6 is 0 Å². The fraction of sp³-hybridized carbons (Fsp3) is 0.643. The van der Waals surface area contributed by atoms with Gasteiger partial charge in [0.2, 0.25) is 0 Å². The third-order valence-corrected chi connectivity index (χ3v) is 4.05. The van der Waals surface area contributed by atoms with Crippen LogP contribution in [0.5, 0.6) is 0 Å². The van der Waals surface area contributed by atoms with E-state index in [-0.39, 0.29) is 11.9 Å². The molecule has 2 aliphatic carbocycles. The normalized spacial score (nSPS) is 38.1. The molecule has 0 aromatic carbocycles. The highest BCUT2D eigenvalue weighted by Crippen LogP contribution is 2.52. The predicted molar refractivity (Wildman–Crippen MR) is 63.0 cm³/mol. The van der Waals surface area contributed by atoms with E-state index < -0.39 is 0 Å². The minimum Gasteiger partial charge on any atom is -0.498 e. The van der Waals surface area contributed by atoms with E-state index in [0.717, 1.165) is 25.2 Å². The molecule has 0 bridgehead atoms. The Morgan fingerprint density at radius 2 is 2.47 bits per heavy atom. The minimum atomic E-state index is -0.0130. The fourth-order valence-corrected chi connectivity index (χ4v) is 3.12. The second-order valence-corrected chi connectivity index (χ2v) is 5.03. The lowest BCUT2D eigenvalue weighted by Gasteiger charge is -2.22. The third kappa shape index (κ3) is 1.88. The zero-order chi connectivity index (χ0) is 11.8. The number of carbonyl (C=O) groups excluding carboxylic acids is 1. The Hall–Kier alpha value is -1.25. The summed E-state index contributed by atoms with van der Waals surface area (Å²) in [5, 5.41) is 0. The molecule has 3 nitrogen and oxygen atoms in total. The van der Waals surface area contributed by atoms with Gasteiger partial charge in [-0.05, 0) is 37.7 Å². The van der Waals surface area contributed by atoms with Gasteiger partial charge in [-0.3, -0.25) is 4.79 Å². The lowest BCUT2D eigenvalue weighted by atomic mass is 9.82. The van der Waals surface area contributed by atoms with Crippen molar-refractivity contribution >= 4 is 5.97 Å². The van der Waals surface area contributed by atoms with Gasteiger partial charge in [0.1, 0.15) is 0 Å². The van der Waals surface area contributed by atoms with E-state index in [1.165, 1.54) is 0 Å². The van der Waals surface area contributed by atoms with Crippen molar-refractivity contribution in [2.75, 3.05) is 13.2 Å². The number of hydrogen-bond acceptors (Lipinski definition) is 3. The summed E-state index contributed by atoms with van der Waals surface area (Å²) in [6.45, 7) is 3.17. The van der Waals surface area contributed by atoms with Crippen molar-refractivity contribution in [2.45, 2.75) is 19.8 Å². The lowest BCUT2D eigenvalue weighted by molar-refractivity contribution is -0.145. The number of rotatable bonds is 3. The first-order valence-electron chi connectivity index (χ1n) is 6.49. The molecule has 0 aromatic rings. The molecule has 0 N–H and O–H groups in total. The van der Waals surface area contributed by atoms with Gasteiger partial charge in [0.15, 0.2) is 0 Å². The second kappa shape index (κ2) is 4.21. The number of fused-ring (bicyclic) bond motifs is 1. The first kappa shape index (κ1) is 10.9. The molecule has 2 fully saturated rings. The third-order valence-electron chi connectivity index (χ3n) is 4.05. The maximum atomic E-state index is 11.7. The van der Waals surface area contributed by atoms with E-state index in [9.17, 15) is 4.79 Å². The maximum Gasteiger partial charge on any atom is 0.309 e. The quantitative estimate of drug-likeness (QED) is 0.703. The molecule has 3 heteroatoms. The largest absolute Gasteiger partial charge is 0.498 e. The highest BCUT2D eigenvalue weighted by molar-refractivity contribution is 5.75. The van der Waals surface area contributed by atoms with E-state index in [0.29, 0.717) is 24.4 Å². The summed E-state index contributed by atoms with van der Waals surface area (Å²) in [6.07, 6.45) is 8.45. The molecule has 0 amide bonds. The molecular formula is C14H18O3. The zero-order valence-electron chi connectivity index (χ0n) is 10.1. The molecular weight excluding hydrogens is 216 g/mol. The van der Waals surface area contributed by atoms with Crippen molar-refractivity contribution in [2.24, 2.45) is 23.7 Å². The van der Waals surface area contributed by atoms with E-state index in [4.69, 9.17) is 9.47 Å². The van der Waals surface area contributed by atoms with Crippen LogP contribution in [-0.2, 0) is 14.3 Å². The SMILES string of the molecule is CCOC(=O)[C@@H]1C[C@H]1C1C=CC=C2OCCC21. The van der Waals surface area contributed by atoms with Crippen LogP contribution in [0.4, 0.5) is 0 Å². The first-order chi connectivity index (χ1) is 8.31. The highest BCUT2D eigenvalue weighted by atomic mass is 16.5. The summed E-state index contributed by atoms with van der Waals surface area (Å²) in [5.74, 6) is 2.69. The van der Waals surface area contributed by atoms with Crippen molar-refractivity contribution in [1.82, 2.24) is 0 Å². The molecule has 1 saturated carbocycles. The Kier molecular flexibility index (Phi) is 2.69. The number of hydrogen-bond donors (Lipinski definition) is 0. The molecule has 1 aliphatic heterocycles. The average molecular weight is 234 g/mol. The molecule has 17 heavy (non-hydrogen) atoms. The highest BCUT2D eigenvalue weighted by Gasteiger charge is 2.51. The molecule has 3 rings (SSSR count).